The van der Waals surface area contributed by atoms with Crippen LogP contribution in [0.15, 0.2) is 0 Å². The molecule has 0 aromatic rings. The van der Waals surface area contributed by atoms with Crippen LogP contribution in [-0.4, -0.2) is 51.2 Å². The molecule has 0 aromatic heterocycles. The molecule has 11 heavy (non-hydrogen) atoms. The Bertz CT molecular complexity index is 132. The molecule has 1 fully saturated rings. The molecule has 0 aliphatic heterocycles. The van der Waals surface area contributed by atoms with Crippen molar-refractivity contribution in [3.63, 3.8) is 0 Å². The van der Waals surface area contributed by atoms with Gasteiger partial charge in [-0.05, 0) is 6.26 Å². The number of nitrogens with two attached hydrogens (primary N) is 1. The molecule has 0 amide bonds. The molecule has 0 saturated heterocycles. The Hall–Kier alpha value is 0.190. The molecule has 0 spiro atoms. The van der Waals surface area contributed by atoms with Gasteiger partial charge in [0.1, 0.15) is 6.10 Å². The van der Waals surface area contributed by atoms with Gasteiger partial charge in [0.25, 0.3) is 0 Å². The summed E-state index contributed by atoms with van der Waals surface area (Å²) < 4.78 is 0. The minimum Gasteiger partial charge on any atom is -0.389 e. The molecule has 1 saturated carbocycles. The van der Waals surface area contributed by atoms with Crippen LogP contribution in [-0.2, 0) is 0 Å². The van der Waals surface area contributed by atoms with Crippen molar-refractivity contribution in [3.8, 4) is 0 Å². The Morgan fingerprint density at radius 2 is 1.64 bits per heavy atom. The Balaban J connectivity index is 2.69. The predicted octanol–water partition coefficient (Wildman–Crippen LogP) is -1.86. The van der Waals surface area contributed by atoms with Crippen molar-refractivity contribution < 1.29 is 15.3 Å². The highest BCUT2D eigenvalue weighted by Gasteiger charge is 2.46. The first-order chi connectivity index (χ1) is 5.09. The summed E-state index contributed by atoms with van der Waals surface area (Å²) in [5.41, 5.74) is 5.52. The van der Waals surface area contributed by atoms with Gasteiger partial charge in [0.05, 0.1) is 17.5 Å². The summed E-state index contributed by atoms with van der Waals surface area (Å²) in [5.74, 6) is 0. The average molecular weight is 179 g/mol. The highest BCUT2D eigenvalue weighted by Crippen LogP contribution is 2.28. The zero-order valence-corrected chi connectivity index (χ0v) is 7.03. The Morgan fingerprint density at radius 1 is 1.09 bits per heavy atom. The fraction of sp³-hybridized carbons (Fsp3) is 1.00. The number of aliphatic hydroxyl groups excluding tert-OH is 3. The van der Waals surface area contributed by atoms with Gasteiger partial charge in [0.15, 0.2) is 0 Å². The van der Waals surface area contributed by atoms with E-state index in [2.05, 4.69) is 0 Å². The third-order valence-electron chi connectivity index (χ3n) is 2.08. The van der Waals surface area contributed by atoms with Gasteiger partial charge in [-0.3, -0.25) is 0 Å². The van der Waals surface area contributed by atoms with Gasteiger partial charge in [-0.2, -0.15) is 11.8 Å². The van der Waals surface area contributed by atoms with E-state index in [-0.39, 0.29) is 5.25 Å². The van der Waals surface area contributed by atoms with Crippen LogP contribution in [0.25, 0.3) is 0 Å². The zero-order valence-electron chi connectivity index (χ0n) is 6.21. The minimum absolute atomic E-state index is 0.264. The standard InChI is InChI=1S/C6H13NO3S/c1-11-6-2(7)3(8)4(9)5(6)10/h2-6,8-10H,7H2,1H3/t2-,3-,4+,5-,6-/m0/s1. The molecule has 5 atom stereocenters. The largest absolute Gasteiger partial charge is 0.389 e. The van der Waals surface area contributed by atoms with Crippen LogP contribution in [0.3, 0.4) is 0 Å². The molecule has 4 nitrogen and oxygen atoms in total. The highest BCUT2D eigenvalue weighted by molar-refractivity contribution is 7.99. The van der Waals surface area contributed by atoms with Gasteiger partial charge < -0.3 is 21.1 Å². The van der Waals surface area contributed by atoms with E-state index >= 15 is 0 Å². The molecular weight excluding hydrogens is 166 g/mol. The van der Waals surface area contributed by atoms with E-state index in [0.29, 0.717) is 0 Å². The van der Waals surface area contributed by atoms with Crippen LogP contribution in [0, 0.1) is 0 Å². The smallest absolute Gasteiger partial charge is 0.108 e. The lowest BCUT2D eigenvalue weighted by Gasteiger charge is -2.15. The molecule has 0 unspecified atom stereocenters. The van der Waals surface area contributed by atoms with Crippen molar-refractivity contribution in [3.05, 3.63) is 0 Å². The van der Waals surface area contributed by atoms with Crippen LogP contribution in [0.2, 0.25) is 0 Å². The summed E-state index contributed by atoms with van der Waals surface area (Å²) >= 11 is 1.36. The molecule has 0 bridgehead atoms. The van der Waals surface area contributed by atoms with E-state index in [0.717, 1.165) is 0 Å². The lowest BCUT2D eigenvalue weighted by Crippen LogP contribution is -2.39. The van der Waals surface area contributed by atoms with Gasteiger partial charge in [0, 0.05) is 6.04 Å². The first kappa shape index (κ1) is 9.28. The maximum atomic E-state index is 9.29. The summed E-state index contributed by atoms with van der Waals surface area (Å²) in [6.07, 6.45) is -1.21. The zero-order chi connectivity index (χ0) is 8.59. The lowest BCUT2D eigenvalue weighted by atomic mass is 10.2. The molecule has 0 heterocycles. The lowest BCUT2D eigenvalue weighted by molar-refractivity contribution is -0.0198. The van der Waals surface area contributed by atoms with E-state index in [1.807, 2.05) is 0 Å². The quantitative estimate of drug-likeness (QED) is 0.379. The predicted molar refractivity (Wildman–Crippen MR) is 43.3 cm³/mol. The number of hydrogen-bond donors (Lipinski definition) is 4. The second-order valence-electron chi connectivity index (χ2n) is 2.75. The summed E-state index contributed by atoms with van der Waals surface area (Å²) in [6.45, 7) is 0. The molecule has 1 rings (SSSR count). The number of thioether (sulfide) groups is 1. The van der Waals surface area contributed by atoms with Crippen molar-refractivity contribution in [2.24, 2.45) is 5.73 Å². The van der Waals surface area contributed by atoms with Crippen molar-refractivity contribution in [1.29, 1.82) is 0 Å². The maximum Gasteiger partial charge on any atom is 0.108 e. The van der Waals surface area contributed by atoms with Crippen LogP contribution in [0.5, 0.6) is 0 Å². The molecule has 5 N–H and O–H groups in total. The fourth-order valence-electron chi connectivity index (χ4n) is 1.34. The second kappa shape index (κ2) is 3.28. The third kappa shape index (κ3) is 1.39. The molecule has 66 valence electrons. The molecule has 1 aliphatic carbocycles. The SMILES string of the molecule is CS[C@H]1[C@@H](N)[C@H](O)[C@@H](O)[C@@H]1O. The van der Waals surface area contributed by atoms with Crippen LogP contribution >= 0.6 is 11.8 Å². The van der Waals surface area contributed by atoms with E-state index in [1.54, 1.807) is 6.26 Å². The van der Waals surface area contributed by atoms with Crippen molar-refractivity contribution in [2.45, 2.75) is 29.6 Å². The molecule has 0 radical (unpaired) electrons. The fourth-order valence-corrected chi connectivity index (χ4v) is 2.26. The van der Waals surface area contributed by atoms with Crippen LogP contribution < -0.4 is 5.73 Å². The van der Waals surface area contributed by atoms with Gasteiger partial charge in [-0.25, -0.2) is 0 Å². The van der Waals surface area contributed by atoms with Crippen molar-refractivity contribution in [1.82, 2.24) is 0 Å². The van der Waals surface area contributed by atoms with E-state index in [4.69, 9.17) is 10.8 Å². The number of hydrogen-bond acceptors (Lipinski definition) is 5. The Morgan fingerprint density at radius 3 is 1.82 bits per heavy atom. The normalized spacial score (nSPS) is 51.5. The Kier molecular flexibility index (Phi) is 2.77. The number of rotatable bonds is 1. The molecular formula is C6H13NO3S. The minimum atomic E-state index is -1.09. The van der Waals surface area contributed by atoms with Crippen LogP contribution in [0.4, 0.5) is 0 Å². The monoisotopic (exact) mass is 179 g/mol. The highest BCUT2D eigenvalue weighted by atomic mass is 32.2. The first-order valence-corrected chi connectivity index (χ1v) is 4.71. The third-order valence-corrected chi connectivity index (χ3v) is 3.22. The van der Waals surface area contributed by atoms with Gasteiger partial charge >= 0.3 is 0 Å². The number of aliphatic hydroxyl groups is 3. The summed E-state index contributed by atoms with van der Waals surface area (Å²) in [4.78, 5) is 0. The van der Waals surface area contributed by atoms with Gasteiger partial charge in [-0.15, -0.1) is 0 Å². The second-order valence-corrected chi connectivity index (χ2v) is 3.77. The first-order valence-electron chi connectivity index (χ1n) is 3.42. The maximum absolute atomic E-state index is 9.29. The van der Waals surface area contributed by atoms with E-state index in [9.17, 15) is 10.2 Å². The topological polar surface area (TPSA) is 86.7 Å². The van der Waals surface area contributed by atoms with Crippen molar-refractivity contribution >= 4 is 11.8 Å². The van der Waals surface area contributed by atoms with Gasteiger partial charge in [0.2, 0.25) is 0 Å². The average Bonchev–Trinajstić information content (AvgIpc) is 2.17. The Labute approximate surface area is 69.4 Å². The van der Waals surface area contributed by atoms with Crippen molar-refractivity contribution in [2.75, 3.05) is 6.26 Å². The molecule has 0 aromatic carbocycles. The van der Waals surface area contributed by atoms with E-state index < -0.39 is 24.4 Å². The van der Waals surface area contributed by atoms with Crippen LogP contribution in [0.1, 0.15) is 0 Å². The summed E-state index contributed by atoms with van der Waals surface area (Å²) in [5, 5.41) is 27.4. The van der Waals surface area contributed by atoms with E-state index in [1.165, 1.54) is 11.8 Å². The molecule has 1 aliphatic rings. The van der Waals surface area contributed by atoms with Gasteiger partial charge in [-0.1, -0.05) is 0 Å². The summed E-state index contributed by atoms with van der Waals surface area (Å²) in [6, 6.07) is -0.532. The molecule has 5 heteroatoms. The summed E-state index contributed by atoms with van der Waals surface area (Å²) in [7, 11) is 0.